The molecular formula is C10H15N3O. The number of hydrogen-bond donors (Lipinski definition) is 2. The Morgan fingerprint density at radius 1 is 1.71 bits per heavy atom. The molecule has 1 heterocycles. The topological polar surface area (TPSA) is 57.8 Å². The maximum absolute atomic E-state index is 11.5. The van der Waals surface area contributed by atoms with Gasteiger partial charge in [0.1, 0.15) is 5.82 Å². The van der Waals surface area contributed by atoms with Crippen molar-refractivity contribution < 1.29 is 4.79 Å². The zero-order chi connectivity index (χ0) is 9.97. The smallest absolute Gasteiger partial charge is 0.225 e. The number of aryl methyl sites for hydroxylation is 1. The highest BCUT2D eigenvalue weighted by Gasteiger charge is 2.24. The number of H-pyrrole nitrogens is 1. The number of nitrogens with zero attached hydrogens (tertiary/aromatic N) is 1. The van der Waals surface area contributed by atoms with E-state index in [0.29, 0.717) is 12.3 Å². The molecule has 2 rings (SSSR count). The van der Waals surface area contributed by atoms with Gasteiger partial charge in [0, 0.05) is 12.0 Å². The zero-order valence-electron chi connectivity index (χ0n) is 8.34. The van der Waals surface area contributed by atoms with Crippen LogP contribution in [-0.2, 0) is 11.2 Å². The molecule has 0 aliphatic heterocycles. The number of carbonyl (C=O) groups is 1. The highest BCUT2D eigenvalue weighted by atomic mass is 16.1. The third-order valence-electron chi connectivity index (χ3n) is 2.53. The van der Waals surface area contributed by atoms with E-state index in [1.165, 1.54) is 12.8 Å². The SMILES string of the molecule is CCc1cn[nH]c1NC(=O)CC1CC1. The van der Waals surface area contributed by atoms with Gasteiger partial charge in [0.25, 0.3) is 0 Å². The van der Waals surface area contributed by atoms with Gasteiger partial charge in [-0.15, -0.1) is 0 Å². The van der Waals surface area contributed by atoms with Gasteiger partial charge in [0.15, 0.2) is 0 Å². The molecule has 1 aromatic heterocycles. The number of carbonyl (C=O) groups excluding carboxylic acids is 1. The minimum atomic E-state index is 0.103. The Labute approximate surface area is 83.1 Å². The Bertz CT molecular complexity index is 328. The first-order valence-electron chi connectivity index (χ1n) is 5.11. The molecule has 1 amide bonds. The molecule has 14 heavy (non-hydrogen) atoms. The van der Waals surface area contributed by atoms with Gasteiger partial charge >= 0.3 is 0 Å². The molecule has 0 spiro atoms. The van der Waals surface area contributed by atoms with E-state index in [0.717, 1.165) is 17.8 Å². The molecule has 0 atom stereocenters. The van der Waals surface area contributed by atoms with E-state index in [9.17, 15) is 4.79 Å². The van der Waals surface area contributed by atoms with Gasteiger partial charge < -0.3 is 5.32 Å². The first kappa shape index (κ1) is 9.24. The lowest BCUT2D eigenvalue weighted by Gasteiger charge is -2.03. The number of aromatic nitrogens is 2. The first-order chi connectivity index (χ1) is 6.79. The summed E-state index contributed by atoms with van der Waals surface area (Å²) in [6.07, 6.45) is 5.71. The lowest BCUT2D eigenvalue weighted by molar-refractivity contribution is -0.116. The molecule has 1 aliphatic carbocycles. The van der Waals surface area contributed by atoms with Crippen molar-refractivity contribution >= 4 is 11.7 Å². The van der Waals surface area contributed by atoms with Crippen molar-refractivity contribution in [2.24, 2.45) is 5.92 Å². The van der Waals surface area contributed by atoms with Crippen molar-refractivity contribution in [1.29, 1.82) is 0 Å². The van der Waals surface area contributed by atoms with Crippen LogP contribution >= 0.6 is 0 Å². The van der Waals surface area contributed by atoms with E-state index in [1.807, 2.05) is 6.92 Å². The van der Waals surface area contributed by atoms with Gasteiger partial charge in [0.05, 0.1) is 6.20 Å². The highest BCUT2D eigenvalue weighted by molar-refractivity contribution is 5.90. The van der Waals surface area contributed by atoms with Crippen molar-refractivity contribution in [3.05, 3.63) is 11.8 Å². The van der Waals surface area contributed by atoms with Gasteiger partial charge in [-0.2, -0.15) is 5.10 Å². The number of hydrogen-bond acceptors (Lipinski definition) is 2. The molecule has 0 bridgehead atoms. The normalized spacial score (nSPS) is 15.5. The molecule has 1 fully saturated rings. The fraction of sp³-hybridized carbons (Fsp3) is 0.600. The minimum absolute atomic E-state index is 0.103. The third-order valence-corrected chi connectivity index (χ3v) is 2.53. The molecule has 1 aromatic rings. The van der Waals surface area contributed by atoms with Crippen LogP contribution in [0.4, 0.5) is 5.82 Å². The van der Waals surface area contributed by atoms with Crippen molar-refractivity contribution in [3.8, 4) is 0 Å². The predicted molar refractivity (Wildman–Crippen MR) is 53.9 cm³/mol. The largest absolute Gasteiger partial charge is 0.311 e. The average molecular weight is 193 g/mol. The summed E-state index contributed by atoms with van der Waals surface area (Å²) in [6, 6.07) is 0. The second-order valence-corrected chi connectivity index (χ2v) is 3.82. The standard InChI is InChI=1S/C10H15N3O/c1-2-8-6-11-13-10(8)12-9(14)5-7-3-4-7/h6-7H,2-5H2,1H3,(H2,11,12,13,14). The van der Waals surface area contributed by atoms with E-state index < -0.39 is 0 Å². The summed E-state index contributed by atoms with van der Waals surface area (Å²) in [6.45, 7) is 2.04. The number of amides is 1. The summed E-state index contributed by atoms with van der Waals surface area (Å²) in [4.78, 5) is 11.5. The van der Waals surface area contributed by atoms with Gasteiger partial charge in [0.2, 0.25) is 5.91 Å². The molecule has 2 N–H and O–H groups in total. The average Bonchev–Trinajstić information content (AvgIpc) is 2.84. The predicted octanol–water partition coefficient (Wildman–Crippen LogP) is 1.71. The second kappa shape index (κ2) is 3.82. The summed E-state index contributed by atoms with van der Waals surface area (Å²) >= 11 is 0. The van der Waals surface area contributed by atoms with Crippen molar-refractivity contribution in [2.75, 3.05) is 5.32 Å². The van der Waals surface area contributed by atoms with Crippen LogP contribution in [-0.4, -0.2) is 16.1 Å². The van der Waals surface area contributed by atoms with E-state index in [4.69, 9.17) is 0 Å². The summed E-state index contributed by atoms with van der Waals surface area (Å²) in [5.74, 6) is 1.49. The number of anilines is 1. The highest BCUT2D eigenvalue weighted by Crippen LogP contribution is 2.32. The van der Waals surface area contributed by atoms with Crippen molar-refractivity contribution in [3.63, 3.8) is 0 Å². The van der Waals surface area contributed by atoms with Crippen molar-refractivity contribution in [1.82, 2.24) is 10.2 Å². The Morgan fingerprint density at radius 3 is 3.14 bits per heavy atom. The summed E-state index contributed by atoms with van der Waals surface area (Å²) in [7, 11) is 0. The van der Waals surface area contributed by atoms with Gasteiger partial charge in [-0.25, -0.2) is 0 Å². The van der Waals surface area contributed by atoms with E-state index in [1.54, 1.807) is 6.20 Å². The fourth-order valence-corrected chi connectivity index (χ4v) is 1.46. The Hall–Kier alpha value is -1.32. The van der Waals surface area contributed by atoms with Crippen LogP contribution in [0.5, 0.6) is 0 Å². The monoisotopic (exact) mass is 193 g/mol. The second-order valence-electron chi connectivity index (χ2n) is 3.82. The molecule has 0 aromatic carbocycles. The van der Waals surface area contributed by atoms with E-state index in [2.05, 4.69) is 15.5 Å². The van der Waals surface area contributed by atoms with Gasteiger partial charge in [-0.05, 0) is 25.2 Å². The van der Waals surface area contributed by atoms with Crippen LogP contribution in [0.25, 0.3) is 0 Å². The fourth-order valence-electron chi connectivity index (χ4n) is 1.46. The Balaban J connectivity index is 1.91. The van der Waals surface area contributed by atoms with Crippen LogP contribution < -0.4 is 5.32 Å². The van der Waals surface area contributed by atoms with Crippen LogP contribution in [0.1, 0.15) is 31.7 Å². The maximum Gasteiger partial charge on any atom is 0.225 e. The maximum atomic E-state index is 11.5. The van der Waals surface area contributed by atoms with Crippen LogP contribution in [0.3, 0.4) is 0 Å². The number of rotatable bonds is 4. The summed E-state index contributed by atoms with van der Waals surface area (Å²) in [5.41, 5.74) is 1.06. The molecule has 1 aliphatic rings. The molecule has 0 unspecified atom stereocenters. The van der Waals surface area contributed by atoms with Crippen molar-refractivity contribution in [2.45, 2.75) is 32.6 Å². The van der Waals surface area contributed by atoms with Gasteiger partial charge in [-0.1, -0.05) is 6.92 Å². The Kier molecular flexibility index (Phi) is 2.52. The molecular weight excluding hydrogens is 178 g/mol. The quantitative estimate of drug-likeness (QED) is 0.764. The molecule has 0 radical (unpaired) electrons. The lowest BCUT2D eigenvalue weighted by atomic mass is 10.2. The zero-order valence-corrected chi connectivity index (χ0v) is 8.34. The molecule has 1 saturated carbocycles. The molecule has 4 heteroatoms. The Morgan fingerprint density at radius 2 is 2.50 bits per heavy atom. The molecule has 0 saturated heterocycles. The third kappa shape index (κ3) is 2.13. The van der Waals surface area contributed by atoms with Crippen LogP contribution in [0, 0.1) is 5.92 Å². The number of aromatic amines is 1. The number of nitrogens with one attached hydrogen (secondary N) is 2. The molecule has 76 valence electrons. The minimum Gasteiger partial charge on any atom is -0.311 e. The molecule has 4 nitrogen and oxygen atoms in total. The first-order valence-corrected chi connectivity index (χ1v) is 5.11. The lowest BCUT2D eigenvalue weighted by Crippen LogP contribution is -2.13. The van der Waals surface area contributed by atoms with Crippen LogP contribution in [0.2, 0.25) is 0 Å². The van der Waals surface area contributed by atoms with E-state index >= 15 is 0 Å². The summed E-state index contributed by atoms with van der Waals surface area (Å²) < 4.78 is 0. The van der Waals surface area contributed by atoms with E-state index in [-0.39, 0.29) is 5.91 Å². The van der Waals surface area contributed by atoms with Crippen LogP contribution in [0.15, 0.2) is 6.20 Å². The summed E-state index contributed by atoms with van der Waals surface area (Å²) in [5, 5.41) is 9.56. The van der Waals surface area contributed by atoms with Gasteiger partial charge in [-0.3, -0.25) is 9.89 Å².